The Morgan fingerprint density at radius 2 is 1.69 bits per heavy atom. The molecule has 0 aliphatic carbocycles. The number of likely N-dealkylation sites (tertiary alicyclic amines) is 1. The van der Waals surface area contributed by atoms with Crippen LogP contribution in [0, 0.1) is 0 Å². The minimum Gasteiger partial charge on any atom is -0.445 e. The molecule has 0 saturated carbocycles. The van der Waals surface area contributed by atoms with Crippen molar-refractivity contribution >= 4 is 27.9 Å². The second kappa shape index (κ2) is 8.85. The molecule has 6 heteroatoms. The largest absolute Gasteiger partial charge is 0.445 e. The molecular weight excluding hydrogens is 396 g/mol. The lowest BCUT2D eigenvalue weighted by atomic mass is 10.0. The van der Waals surface area contributed by atoms with Crippen molar-refractivity contribution in [1.29, 1.82) is 0 Å². The highest BCUT2D eigenvalue weighted by atomic mass is 79.9. The Morgan fingerprint density at radius 1 is 1.04 bits per heavy atom. The van der Waals surface area contributed by atoms with Crippen LogP contribution in [-0.4, -0.2) is 36.0 Å². The summed E-state index contributed by atoms with van der Waals surface area (Å²) in [5.41, 5.74) is 1.61. The van der Waals surface area contributed by atoms with Crippen molar-refractivity contribution < 1.29 is 14.3 Å². The zero-order chi connectivity index (χ0) is 18.4. The SMILES string of the molecule is O=C(NC1CCN(C(=O)OCc2ccccc2)CC1)c1ccc(Br)cc1. The van der Waals surface area contributed by atoms with Gasteiger partial charge in [-0.3, -0.25) is 4.79 Å². The Kier molecular flexibility index (Phi) is 6.28. The molecule has 0 spiro atoms. The predicted molar refractivity (Wildman–Crippen MR) is 103 cm³/mol. The fourth-order valence-corrected chi connectivity index (χ4v) is 3.15. The van der Waals surface area contributed by atoms with Crippen LogP contribution in [0.4, 0.5) is 4.79 Å². The highest BCUT2D eigenvalue weighted by molar-refractivity contribution is 9.10. The van der Waals surface area contributed by atoms with E-state index in [-0.39, 0.29) is 24.6 Å². The maximum absolute atomic E-state index is 12.3. The van der Waals surface area contributed by atoms with Crippen LogP contribution in [-0.2, 0) is 11.3 Å². The highest BCUT2D eigenvalue weighted by Gasteiger charge is 2.25. The minimum absolute atomic E-state index is 0.0734. The van der Waals surface area contributed by atoms with Gasteiger partial charge in [-0.1, -0.05) is 46.3 Å². The molecule has 2 aromatic carbocycles. The summed E-state index contributed by atoms with van der Waals surface area (Å²) in [6.45, 7) is 1.44. The van der Waals surface area contributed by atoms with Crippen molar-refractivity contribution in [3.05, 3.63) is 70.2 Å². The summed E-state index contributed by atoms with van der Waals surface area (Å²) in [6.07, 6.45) is 1.15. The minimum atomic E-state index is -0.300. The quantitative estimate of drug-likeness (QED) is 0.819. The van der Waals surface area contributed by atoms with Gasteiger partial charge in [0.1, 0.15) is 6.61 Å². The first-order valence-electron chi connectivity index (χ1n) is 8.64. The second-order valence-electron chi connectivity index (χ2n) is 6.28. The first-order valence-corrected chi connectivity index (χ1v) is 9.43. The van der Waals surface area contributed by atoms with E-state index in [0.29, 0.717) is 18.7 Å². The van der Waals surface area contributed by atoms with Gasteiger partial charge in [-0.25, -0.2) is 4.79 Å². The lowest BCUT2D eigenvalue weighted by Gasteiger charge is -2.31. The molecule has 1 aliphatic heterocycles. The molecule has 1 aliphatic rings. The standard InChI is InChI=1S/C20H21BrN2O3/c21-17-8-6-16(7-9-17)19(24)22-18-10-12-23(13-11-18)20(25)26-14-15-4-2-1-3-5-15/h1-9,18H,10-14H2,(H,22,24). The van der Waals surface area contributed by atoms with Crippen molar-refractivity contribution in [2.24, 2.45) is 0 Å². The zero-order valence-electron chi connectivity index (χ0n) is 14.4. The third-order valence-corrected chi connectivity index (χ3v) is 4.93. The first-order chi connectivity index (χ1) is 12.6. The molecule has 1 fully saturated rings. The van der Waals surface area contributed by atoms with Crippen LogP contribution in [0.5, 0.6) is 0 Å². The van der Waals surface area contributed by atoms with Crippen LogP contribution >= 0.6 is 15.9 Å². The molecule has 0 atom stereocenters. The van der Waals surface area contributed by atoms with Gasteiger partial charge in [0.2, 0.25) is 0 Å². The summed E-state index contributed by atoms with van der Waals surface area (Å²) in [5, 5.41) is 3.04. The molecule has 1 N–H and O–H groups in total. The fourth-order valence-electron chi connectivity index (χ4n) is 2.89. The Bertz CT molecular complexity index is 741. The third-order valence-electron chi connectivity index (χ3n) is 4.40. The van der Waals surface area contributed by atoms with Crippen LogP contribution < -0.4 is 5.32 Å². The number of benzene rings is 2. The third kappa shape index (κ3) is 5.08. The van der Waals surface area contributed by atoms with Gasteiger partial charge in [-0.15, -0.1) is 0 Å². The van der Waals surface area contributed by atoms with Crippen molar-refractivity contribution in [2.45, 2.75) is 25.5 Å². The van der Waals surface area contributed by atoms with Gasteiger partial charge >= 0.3 is 6.09 Å². The smallest absolute Gasteiger partial charge is 0.410 e. The summed E-state index contributed by atoms with van der Waals surface area (Å²) in [5.74, 6) is -0.0809. The number of hydrogen-bond acceptors (Lipinski definition) is 3. The summed E-state index contributed by atoms with van der Waals surface area (Å²) in [4.78, 5) is 26.1. The molecule has 3 rings (SSSR count). The van der Waals surface area contributed by atoms with Gasteiger partial charge in [0.15, 0.2) is 0 Å². The predicted octanol–water partition coefficient (Wildman–Crippen LogP) is 3.98. The van der Waals surface area contributed by atoms with E-state index in [4.69, 9.17) is 4.74 Å². The number of rotatable bonds is 4. The van der Waals surface area contributed by atoms with E-state index < -0.39 is 0 Å². The molecule has 0 radical (unpaired) electrons. The summed E-state index contributed by atoms with van der Waals surface area (Å²) >= 11 is 3.36. The van der Waals surface area contributed by atoms with E-state index in [1.165, 1.54) is 0 Å². The van der Waals surface area contributed by atoms with Crippen molar-refractivity contribution in [1.82, 2.24) is 10.2 Å². The number of hydrogen-bond donors (Lipinski definition) is 1. The van der Waals surface area contributed by atoms with Gasteiger partial charge in [0.25, 0.3) is 5.91 Å². The van der Waals surface area contributed by atoms with Crippen LogP contribution in [0.15, 0.2) is 59.1 Å². The van der Waals surface area contributed by atoms with Crippen LogP contribution in [0.1, 0.15) is 28.8 Å². The monoisotopic (exact) mass is 416 g/mol. The molecule has 5 nitrogen and oxygen atoms in total. The van der Waals surface area contributed by atoms with Gasteiger partial charge < -0.3 is 15.0 Å². The van der Waals surface area contributed by atoms with Gasteiger partial charge in [-0.2, -0.15) is 0 Å². The van der Waals surface area contributed by atoms with Gasteiger partial charge in [0.05, 0.1) is 0 Å². The Labute approximate surface area is 161 Å². The fraction of sp³-hybridized carbons (Fsp3) is 0.300. The summed E-state index contributed by atoms with van der Waals surface area (Å²) < 4.78 is 6.30. The maximum atomic E-state index is 12.3. The number of carbonyl (C=O) groups excluding carboxylic acids is 2. The molecular formula is C20H21BrN2O3. The van der Waals surface area contributed by atoms with Crippen LogP contribution in [0.3, 0.4) is 0 Å². The van der Waals surface area contributed by atoms with Gasteiger partial charge in [-0.05, 0) is 42.7 Å². The van der Waals surface area contributed by atoms with Crippen molar-refractivity contribution in [3.8, 4) is 0 Å². The Balaban J connectivity index is 1.42. The topological polar surface area (TPSA) is 58.6 Å². The van der Waals surface area contributed by atoms with E-state index in [1.807, 2.05) is 42.5 Å². The lowest BCUT2D eigenvalue weighted by molar-refractivity contribution is 0.0809. The number of amides is 2. The highest BCUT2D eigenvalue weighted by Crippen LogP contribution is 2.15. The molecule has 0 bridgehead atoms. The van der Waals surface area contributed by atoms with Crippen LogP contribution in [0.2, 0.25) is 0 Å². The summed E-state index contributed by atoms with van der Waals surface area (Å²) in [7, 11) is 0. The molecule has 1 saturated heterocycles. The number of carbonyl (C=O) groups is 2. The number of halogens is 1. The maximum Gasteiger partial charge on any atom is 0.410 e. The number of ether oxygens (including phenoxy) is 1. The van der Waals surface area contributed by atoms with Crippen molar-refractivity contribution in [2.75, 3.05) is 13.1 Å². The molecule has 1 heterocycles. The zero-order valence-corrected chi connectivity index (χ0v) is 15.9. The number of piperidine rings is 1. The molecule has 136 valence electrons. The molecule has 26 heavy (non-hydrogen) atoms. The van der Waals surface area contributed by atoms with Gasteiger partial charge in [0, 0.05) is 29.2 Å². The molecule has 0 aromatic heterocycles. The van der Waals surface area contributed by atoms with E-state index in [2.05, 4.69) is 21.2 Å². The molecule has 0 unspecified atom stereocenters. The number of nitrogens with zero attached hydrogens (tertiary/aromatic N) is 1. The Hall–Kier alpha value is -2.34. The molecule has 2 aromatic rings. The second-order valence-corrected chi connectivity index (χ2v) is 7.20. The lowest BCUT2D eigenvalue weighted by Crippen LogP contribution is -2.46. The first kappa shape index (κ1) is 18.5. The van der Waals surface area contributed by atoms with Crippen molar-refractivity contribution in [3.63, 3.8) is 0 Å². The Morgan fingerprint density at radius 3 is 2.35 bits per heavy atom. The normalized spacial score (nSPS) is 14.7. The van der Waals surface area contributed by atoms with E-state index >= 15 is 0 Å². The number of nitrogens with one attached hydrogen (secondary N) is 1. The molecule has 2 amide bonds. The van der Waals surface area contributed by atoms with E-state index in [9.17, 15) is 9.59 Å². The van der Waals surface area contributed by atoms with E-state index in [0.717, 1.165) is 22.9 Å². The average molecular weight is 417 g/mol. The summed E-state index contributed by atoms with van der Waals surface area (Å²) in [6, 6.07) is 17.0. The van der Waals surface area contributed by atoms with E-state index in [1.54, 1.807) is 17.0 Å². The average Bonchev–Trinajstić information content (AvgIpc) is 2.68. The van der Waals surface area contributed by atoms with Crippen LogP contribution in [0.25, 0.3) is 0 Å².